The Morgan fingerprint density at radius 3 is 2.54 bits per heavy atom. The fraction of sp³-hybridized carbons (Fsp3) is 0.682. The van der Waals surface area contributed by atoms with Crippen molar-refractivity contribution in [3.8, 4) is 0 Å². The molecule has 3 atom stereocenters. The van der Waals surface area contributed by atoms with Gasteiger partial charge in [0.1, 0.15) is 0 Å². The number of rotatable bonds is 6. The van der Waals surface area contributed by atoms with E-state index < -0.39 is 5.60 Å². The highest BCUT2D eigenvalue weighted by atomic mass is 35.5. The third-order valence-electron chi connectivity index (χ3n) is 7.33. The first-order valence-electron chi connectivity index (χ1n) is 10.4. The maximum Gasteiger partial charge on any atom is 0.237 e. The van der Waals surface area contributed by atoms with Gasteiger partial charge in [-0.3, -0.25) is 9.69 Å². The molecular weight excluding hydrogens is 395 g/mol. The summed E-state index contributed by atoms with van der Waals surface area (Å²) in [5, 5.41) is 15.2. The fourth-order valence-corrected chi connectivity index (χ4v) is 6.22. The second-order valence-electron chi connectivity index (χ2n) is 9.38. The van der Waals surface area contributed by atoms with Crippen LogP contribution in [0.2, 0.25) is 10.0 Å². The molecule has 0 radical (unpaired) electrons. The molecule has 1 aromatic carbocycles. The lowest BCUT2D eigenvalue weighted by Crippen LogP contribution is -2.63. The number of halogens is 2. The molecule has 6 heteroatoms. The Morgan fingerprint density at radius 1 is 1.25 bits per heavy atom. The van der Waals surface area contributed by atoms with Crippen LogP contribution in [0.15, 0.2) is 18.2 Å². The number of nitrogens with one attached hydrogen (secondary N) is 1. The molecule has 4 nitrogen and oxygen atoms in total. The summed E-state index contributed by atoms with van der Waals surface area (Å²) in [6, 6.07) is 5.72. The number of nitrogens with zero attached hydrogens (tertiary/aromatic N) is 1. The fourth-order valence-electron chi connectivity index (χ4n) is 5.90. The van der Waals surface area contributed by atoms with Gasteiger partial charge in [-0.2, -0.15) is 0 Å². The van der Waals surface area contributed by atoms with Gasteiger partial charge in [0, 0.05) is 12.6 Å². The average Bonchev–Trinajstić information content (AvgIpc) is 2.63. The highest BCUT2D eigenvalue weighted by molar-refractivity contribution is 6.42. The summed E-state index contributed by atoms with van der Waals surface area (Å²) in [5.41, 5.74) is 0.656. The van der Waals surface area contributed by atoms with E-state index in [1.165, 1.54) is 0 Å². The molecule has 4 fully saturated rings. The van der Waals surface area contributed by atoms with Crippen LogP contribution in [-0.4, -0.2) is 47.2 Å². The smallest absolute Gasteiger partial charge is 0.237 e. The minimum Gasteiger partial charge on any atom is -0.390 e. The molecule has 0 aromatic heterocycles. The summed E-state index contributed by atoms with van der Waals surface area (Å²) in [5.74, 6) is 1.63. The molecule has 4 aliphatic carbocycles. The summed E-state index contributed by atoms with van der Waals surface area (Å²) in [6.45, 7) is 2.74. The SMILES string of the molecule is CC(C(=O)NC1C2CC3CC1CC(O)(C3)C2)N(C)CCc1ccc(Cl)c(Cl)c1. The number of aliphatic hydroxyl groups is 1. The standard InChI is InChI=1S/C22H30Cl2N2O2/c1-13(26(2)6-5-14-3-4-18(23)19(24)9-14)21(27)25-20-16-7-15-8-17(20)12-22(28,10-15)11-16/h3-4,9,13,15-17,20,28H,5-8,10-12H2,1-2H3,(H,25,27). The Morgan fingerprint density at radius 2 is 1.93 bits per heavy atom. The lowest BCUT2D eigenvalue weighted by Gasteiger charge is -2.58. The van der Waals surface area contributed by atoms with Crippen molar-refractivity contribution in [1.29, 1.82) is 0 Å². The summed E-state index contributed by atoms with van der Waals surface area (Å²) in [4.78, 5) is 15.0. The van der Waals surface area contributed by atoms with Crippen molar-refractivity contribution in [2.75, 3.05) is 13.6 Å². The molecule has 0 aliphatic heterocycles. The molecule has 2 N–H and O–H groups in total. The molecule has 4 saturated carbocycles. The molecule has 5 rings (SSSR count). The topological polar surface area (TPSA) is 52.6 Å². The van der Waals surface area contributed by atoms with Crippen molar-refractivity contribution in [2.45, 2.75) is 63.1 Å². The van der Waals surface area contributed by atoms with Crippen LogP contribution >= 0.6 is 23.2 Å². The summed E-state index contributed by atoms with van der Waals surface area (Å²) in [7, 11) is 1.99. The minimum atomic E-state index is -0.458. The second-order valence-corrected chi connectivity index (χ2v) is 10.2. The van der Waals surface area contributed by atoms with Crippen LogP contribution in [-0.2, 0) is 11.2 Å². The van der Waals surface area contributed by atoms with Gasteiger partial charge < -0.3 is 10.4 Å². The summed E-state index contributed by atoms with van der Waals surface area (Å²) < 4.78 is 0. The zero-order chi connectivity index (χ0) is 20.1. The van der Waals surface area contributed by atoms with Crippen LogP contribution in [0.1, 0.15) is 44.6 Å². The number of amides is 1. The Bertz CT molecular complexity index is 740. The van der Waals surface area contributed by atoms with Gasteiger partial charge in [-0.25, -0.2) is 0 Å². The van der Waals surface area contributed by atoms with E-state index in [0.717, 1.165) is 50.6 Å². The highest BCUT2D eigenvalue weighted by Crippen LogP contribution is 2.55. The van der Waals surface area contributed by atoms with Crippen LogP contribution in [0.3, 0.4) is 0 Å². The van der Waals surface area contributed by atoms with E-state index in [1.807, 2.05) is 32.2 Å². The van der Waals surface area contributed by atoms with E-state index in [9.17, 15) is 9.90 Å². The number of hydrogen-bond donors (Lipinski definition) is 2. The van der Waals surface area contributed by atoms with Gasteiger partial charge in [0.05, 0.1) is 21.7 Å². The van der Waals surface area contributed by atoms with Gasteiger partial charge in [-0.15, -0.1) is 0 Å². The number of carbonyl (C=O) groups excluding carboxylic acids is 1. The molecule has 0 saturated heterocycles. The molecule has 1 aromatic rings. The van der Waals surface area contributed by atoms with Crippen LogP contribution in [0.4, 0.5) is 0 Å². The van der Waals surface area contributed by atoms with Crippen LogP contribution < -0.4 is 5.32 Å². The van der Waals surface area contributed by atoms with E-state index in [2.05, 4.69) is 10.2 Å². The largest absolute Gasteiger partial charge is 0.390 e. The van der Waals surface area contributed by atoms with Gasteiger partial charge in [-0.05, 0) is 87.9 Å². The van der Waals surface area contributed by atoms with Crippen molar-refractivity contribution in [3.05, 3.63) is 33.8 Å². The van der Waals surface area contributed by atoms with Crippen molar-refractivity contribution in [3.63, 3.8) is 0 Å². The van der Waals surface area contributed by atoms with Crippen molar-refractivity contribution >= 4 is 29.1 Å². The van der Waals surface area contributed by atoms with Gasteiger partial charge in [0.25, 0.3) is 0 Å². The van der Waals surface area contributed by atoms with E-state index in [0.29, 0.717) is 27.8 Å². The predicted molar refractivity (Wildman–Crippen MR) is 113 cm³/mol. The zero-order valence-electron chi connectivity index (χ0n) is 16.6. The Hall–Kier alpha value is -0.810. The maximum absolute atomic E-state index is 12.9. The van der Waals surface area contributed by atoms with Gasteiger partial charge in [0.2, 0.25) is 5.91 Å². The van der Waals surface area contributed by atoms with Gasteiger partial charge in [-0.1, -0.05) is 29.3 Å². The average molecular weight is 425 g/mol. The van der Waals surface area contributed by atoms with E-state index in [4.69, 9.17) is 23.2 Å². The van der Waals surface area contributed by atoms with Crippen molar-refractivity contribution in [1.82, 2.24) is 10.2 Å². The lowest BCUT2D eigenvalue weighted by atomic mass is 9.52. The molecule has 0 spiro atoms. The molecule has 0 heterocycles. The van der Waals surface area contributed by atoms with Crippen LogP contribution in [0.5, 0.6) is 0 Å². The quantitative estimate of drug-likeness (QED) is 0.727. The number of likely N-dealkylation sites (N-methyl/N-ethyl adjacent to an activating group) is 1. The third kappa shape index (κ3) is 4.07. The number of carbonyl (C=O) groups is 1. The monoisotopic (exact) mass is 424 g/mol. The van der Waals surface area contributed by atoms with Crippen LogP contribution in [0, 0.1) is 17.8 Å². The third-order valence-corrected chi connectivity index (χ3v) is 8.07. The number of hydrogen-bond acceptors (Lipinski definition) is 3. The number of benzene rings is 1. The van der Waals surface area contributed by atoms with Gasteiger partial charge in [0.15, 0.2) is 0 Å². The van der Waals surface area contributed by atoms with Crippen molar-refractivity contribution in [2.24, 2.45) is 17.8 Å². The minimum absolute atomic E-state index is 0.0982. The Labute approximate surface area is 177 Å². The second kappa shape index (κ2) is 7.79. The Kier molecular flexibility index (Phi) is 5.69. The molecule has 4 bridgehead atoms. The first-order chi connectivity index (χ1) is 13.2. The predicted octanol–water partition coefficient (Wildman–Crippen LogP) is 3.91. The van der Waals surface area contributed by atoms with Gasteiger partial charge >= 0.3 is 0 Å². The zero-order valence-corrected chi connectivity index (χ0v) is 18.1. The molecule has 28 heavy (non-hydrogen) atoms. The maximum atomic E-state index is 12.9. The van der Waals surface area contributed by atoms with Crippen LogP contribution in [0.25, 0.3) is 0 Å². The summed E-state index contributed by atoms with van der Waals surface area (Å²) in [6.07, 6.45) is 5.80. The molecule has 1 amide bonds. The molecule has 4 aliphatic rings. The molecule has 154 valence electrons. The molecular formula is C22H30Cl2N2O2. The molecule has 3 unspecified atom stereocenters. The Balaban J connectivity index is 1.31. The lowest BCUT2D eigenvalue weighted by molar-refractivity contribution is -0.148. The first kappa shape index (κ1) is 20.5. The first-order valence-corrected chi connectivity index (χ1v) is 11.2. The van der Waals surface area contributed by atoms with E-state index in [-0.39, 0.29) is 18.0 Å². The van der Waals surface area contributed by atoms with E-state index in [1.54, 1.807) is 0 Å². The normalized spacial score (nSPS) is 34.6. The van der Waals surface area contributed by atoms with E-state index >= 15 is 0 Å². The van der Waals surface area contributed by atoms with Crippen molar-refractivity contribution < 1.29 is 9.90 Å². The summed E-state index contributed by atoms with van der Waals surface area (Å²) >= 11 is 12.1. The highest BCUT2D eigenvalue weighted by Gasteiger charge is 2.55.